The Bertz CT molecular complexity index is 1410. The summed E-state index contributed by atoms with van der Waals surface area (Å²) in [5.41, 5.74) is 2.41. The van der Waals surface area contributed by atoms with E-state index in [0.29, 0.717) is 27.7 Å². The van der Waals surface area contributed by atoms with Crippen molar-refractivity contribution in [2.75, 3.05) is 10.6 Å². The third-order valence-electron chi connectivity index (χ3n) is 5.25. The van der Waals surface area contributed by atoms with Gasteiger partial charge < -0.3 is 10.6 Å². The first-order chi connectivity index (χ1) is 16.4. The van der Waals surface area contributed by atoms with Crippen LogP contribution in [0.5, 0.6) is 0 Å². The number of hydrogen-bond donors (Lipinski definition) is 2. The zero-order chi connectivity index (χ0) is 24.1. The van der Waals surface area contributed by atoms with Crippen LogP contribution in [0.4, 0.5) is 11.4 Å². The summed E-state index contributed by atoms with van der Waals surface area (Å²) in [6.45, 7) is 3.47. The molecule has 0 bridgehead atoms. The van der Waals surface area contributed by atoms with E-state index in [0.717, 1.165) is 10.8 Å². The highest BCUT2D eigenvalue weighted by atomic mass is 32.2. The fourth-order valence-electron chi connectivity index (χ4n) is 3.43. The van der Waals surface area contributed by atoms with Crippen LogP contribution in [-0.2, 0) is 4.79 Å². The number of rotatable bonds is 6. The summed E-state index contributed by atoms with van der Waals surface area (Å²) in [6, 6.07) is 26.4. The van der Waals surface area contributed by atoms with Gasteiger partial charge in [-0.1, -0.05) is 60.3 Å². The summed E-state index contributed by atoms with van der Waals surface area (Å²) in [4.78, 5) is 30.0. The maximum atomic E-state index is 12.8. The Hall–Kier alpha value is -4.15. The summed E-state index contributed by atoms with van der Waals surface area (Å²) in [7, 11) is 0. The molecular weight excluding hydrogens is 444 g/mol. The average Bonchev–Trinajstić information content (AvgIpc) is 2.84. The number of pyridine rings is 1. The number of anilines is 2. The lowest BCUT2D eigenvalue weighted by molar-refractivity contribution is -0.115. The number of nitrogens with one attached hydrogen (secondary N) is 2. The Morgan fingerprint density at radius 1 is 0.912 bits per heavy atom. The van der Waals surface area contributed by atoms with Crippen LogP contribution in [0.3, 0.4) is 0 Å². The van der Waals surface area contributed by atoms with Crippen molar-refractivity contribution in [1.82, 2.24) is 4.98 Å². The van der Waals surface area contributed by atoms with Gasteiger partial charge in [0, 0.05) is 11.4 Å². The standard InChI is InChI=1S/C27H22N4O2S/c1-17-24(26(33)30-22-10-4-3-5-11-22)15-21(16-28)27(29-17)34-18(2)25(32)31-23-13-12-19-8-6-7-9-20(19)14-23/h3-15,18H,1-2H3,(H,30,33)(H,31,32). The van der Waals surface area contributed by atoms with Crippen molar-refractivity contribution in [3.8, 4) is 6.07 Å². The van der Waals surface area contributed by atoms with Gasteiger partial charge in [0.2, 0.25) is 5.91 Å². The van der Waals surface area contributed by atoms with Crippen LogP contribution in [0.1, 0.15) is 28.5 Å². The van der Waals surface area contributed by atoms with E-state index in [2.05, 4.69) is 21.7 Å². The smallest absolute Gasteiger partial charge is 0.257 e. The Morgan fingerprint density at radius 3 is 2.35 bits per heavy atom. The van der Waals surface area contributed by atoms with Gasteiger partial charge in [0.05, 0.1) is 22.1 Å². The molecule has 0 aliphatic heterocycles. The normalized spacial score (nSPS) is 11.4. The highest BCUT2D eigenvalue weighted by molar-refractivity contribution is 8.00. The van der Waals surface area contributed by atoms with E-state index in [1.807, 2.05) is 60.7 Å². The number of carbonyl (C=O) groups excluding carboxylic acids is 2. The molecule has 3 aromatic carbocycles. The van der Waals surface area contributed by atoms with E-state index in [4.69, 9.17) is 0 Å². The van der Waals surface area contributed by atoms with Gasteiger partial charge in [-0.3, -0.25) is 9.59 Å². The first-order valence-electron chi connectivity index (χ1n) is 10.7. The number of aromatic nitrogens is 1. The highest BCUT2D eigenvalue weighted by Gasteiger charge is 2.21. The van der Waals surface area contributed by atoms with E-state index < -0.39 is 5.25 Å². The zero-order valence-corrected chi connectivity index (χ0v) is 19.5. The van der Waals surface area contributed by atoms with Gasteiger partial charge in [0.1, 0.15) is 11.1 Å². The summed E-state index contributed by atoms with van der Waals surface area (Å²) in [5.74, 6) is -0.541. The first-order valence-corrected chi connectivity index (χ1v) is 11.6. The summed E-state index contributed by atoms with van der Waals surface area (Å²) < 4.78 is 0. The van der Waals surface area contributed by atoms with Gasteiger partial charge in [-0.15, -0.1) is 0 Å². The molecule has 0 fully saturated rings. The molecule has 6 nitrogen and oxygen atoms in total. The molecule has 4 aromatic rings. The fraction of sp³-hybridized carbons (Fsp3) is 0.111. The average molecular weight is 467 g/mol. The molecule has 0 aliphatic rings. The van der Waals surface area contributed by atoms with Crippen molar-refractivity contribution in [3.63, 3.8) is 0 Å². The number of nitrogens with zero attached hydrogens (tertiary/aromatic N) is 2. The molecule has 0 saturated carbocycles. The zero-order valence-electron chi connectivity index (χ0n) is 18.7. The lowest BCUT2D eigenvalue weighted by Gasteiger charge is -2.14. The molecule has 2 N–H and O–H groups in total. The number of carbonyl (C=O) groups is 2. The number of para-hydroxylation sites is 1. The molecular formula is C27H22N4O2S. The number of hydrogen-bond acceptors (Lipinski definition) is 5. The van der Waals surface area contributed by atoms with Crippen LogP contribution in [0.2, 0.25) is 0 Å². The van der Waals surface area contributed by atoms with Crippen molar-refractivity contribution in [2.24, 2.45) is 0 Å². The van der Waals surface area contributed by atoms with E-state index in [1.165, 1.54) is 17.8 Å². The van der Waals surface area contributed by atoms with Gasteiger partial charge >= 0.3 is 0 Å². The number of benzene rings is 3. The van der Waals surface area contributed by atoms with Gasteiger partial charge in [-0.05, 0) is 55.0 Å². The van der Waals surface area contributed by atoms with E-state index in [-0.39, 0.29) is 17.4 Å². The fourth-order valence-corrected chi connectivity index (χ4v) is 4.36. The van der Waals surface area contributed by atoms with Crippen LogP contribution < -0.4 is 10.6 Å². The minimum absolute atomic E-state index is 0.200. The van der Waals surface area contributed by atoms with Crippen molar-refractivity contribution >= 4 is 45.7 Å². The molecule has 1 heterocycles. The minimum atomic E-state index is -0.505. The van der Waals surface area contributed by atoms with E-state index in [1.54, 1.807) is 26.0 Å². The summed E-state index contributed by atoms with van der Waals surface area (Å²) >= 11 is 1.19. The molecule has 1 aromatic heterocycles. The highest BCUT2D eigenvalue weighted by Crippen LogP contribution is 2.28. The lowest BCUT2D eigenvalue weighted by Crippen LogP contribution is -2.23. The number of aryl methyl sites for hydroxylation is 1. The van der Waals surface area contributed by atoms with E-state index in [9.17, 15) is 14.9 Å². The second-order valence-corrected chi connectivity index (χ2v) is 9.05. The lowest BCUT2D eigenvalue weighted by atomic mass is 10.1. The largest absolute Gasteiger partial charge is 0.325 e. The van der Waals surface area contributed by atoms with Crippen LogP contribution in [-0.4, -0.2) is 22.0 Å². The van der Waals surface area contributed by atoms with Crippen LogP contribution in [0.25, 0.3) is 10.8 Å². The molecule has 34 heavy (non-hydrogen) atoms. The second kappa shape index (κ2) is 10.2. The van der Waals surface area contributed by atoms with Gasteiger partial charge in [0.25, 0.3) is 5.91 Å². The summed E-state index contributed by atoms with van der Waals surface area (Å²) in [6.07, 6.45) is 0. The number of amides is 2. The molecule has 2 amide bonds. The van der Waals surface area contributed by atoms with E-state index >= 15 is 0 Å². The molecule has 1 atom stereocenters. The number of nitriles is 1. The van der Waals surface area contributed by atoms with Crippen molar-refractivity contribution in [2.45, 2.75) is 24.1 Å². The molecule has 0 aliphatic carbocycles. The van der Waals surface area contributed by atoms with Crippen molar-refractivity contribution in [1.29, 1.82) is 5.26 Å². The molecule has 4 rings (SSSR count). The summed E-state index contributed by atoms with van der Waals surface area (Å²) in [5, 5.41) is 17.4. The third kappa shape index (κ3) is 5.25. The Morgan fingerprint density at radius 2 is 1.62 bits per heavy atom. The Kier molecular flexibility index (Phi) is 6.90. The Labute approximate surface area is 202 Å². The maximum absolute atomic E-state index is 12.8. The first kappa shape index (κ1) is 23.0. The van der Waals surface area contributed by atoms with Gasteiger partial charge in [-0.25, -0.2) is 4.98 Å². The number of fused-ring (bicyclic) bond motifs is 1. The van der Waals surface area contributed by atoms with Gasteiger partial charge in [-0.2, -0.15) is 5.26 Å². The quantitative estimate of drug-likeness (QED) is 0.351. The minimum Gasteiger partial charge on any atom is -0.325 e. The monoisotopic (exact) mass is 466 g/mol. The van der Waals surface area contributed by atoms with Crippen LogP contribution in [0, 0.1) is 18.3 Å². The van der Waals surface area contributed by atoms with Crippen LogP contribution >= 0.6 is 11.8 Å². The van der Waals surface area contributed by atoms with Crippen molar-refractivity contribution in [3.05, 3.63) is 95.7 Å². The Balaban J connectivity index is 1.48. The van der Waals surface area contributed by atoms with Crippen LogP contribution in [0.15, 0.2) is 83.9 Å². The number of thioether (sulfide) groups is 1. The molecule has 1 unspecified atom stereocenters. The molecule has 168 valence electrons. The SMILES string of the molecule is Cc1nc(SC(C)C(=O)Nc2ccc3ccccc3c2)c(C#N)cc1C(=O)Nc1ccccc1. The topological polar surface area (TPSA) is 94.9 Å². The third-order valence-corrected chi connectivity index (χ3v) is 6.35. The van der Waals surface area contributed by atoms with Crippen molar-refractivity contribution < 1.29 is 9.59 Å². The maximum Gasteiger partial charge on any atom is 0.257 e. The molecule has 0 spiro atoms. The predicted octanol–water partition coefficient (Wildman–Crippen LogP) is 5.79. The molecule has 7 heteroatoms. The molecule has 0 saturated heterocycles. The van der Waals surface area contributed by atoms with Gasteiger partial charge in [0.15, 0.2) is 0 Å². The molecule has 0 radical (unpaired) electrons. The second-order valence-electron chi connectivity index (χ2n) is 7.72. The predicted molar refractivity (Wildman–Crippen MR) is 136 cm³/mol.